The third-order valence-electron chi connectivity index (χ3n) is 5.60. The van der Waals surface area contributed by atoms with Crippen molar-refractivity contribution in [1.29, 1.82) is 0 Å². The smallest absolute Gasteiger partial charge is 0.317 e. The third-order valence-corrected chi connectivity index (χ3v) is 7.14. The van der Waals surface area contributed by atoms with Gasteiger partial charge in [-0.3, -0.25) is 0 Å². The summed E-state index contributed by atoms with van der Waals surface area (Å²) in [6, 6.07) is 7.02. The summed E-state index contributed by atoms with van der Waals surface area (Å²) in [4.78, 5) is 16.8. The molecule has 2 aliphatic heterocycles. The van der Waals surface area contributed by atoms with Gasteiger partial charge < -0.3 is 15.1 Å². The van der Waals surface area contributed by atoms with E-state index in [9.17, 15) is 13.2 Å². The van der Waals surface area contributed by atoms with E-state index >= 15 is 0 Å². The molecule has 8 heteroatoms. The zero-order valence-electron chi connectivity index (χ0n) is 15.9. The number of sulfonamides is 1. The van der Waals surface area contributed by atoms with Gasteiger partial charge in [-0.05, 0) is 37.3 Å². The van der Waals surface area contributed by atoms with Gasteiger partial charge in [0.1, 0.15) is 4.90 Å². The van der Waals surface area contributed by atoms with Crippen molar-refractivity contribution < 1.29 is 13.2 Å². The number of anilines is 1. The molecule has 1 aliphatic carbocycles. The number of urea groups is 1. The topological polar surface area (TPSA) is 81.8 Å². The zero-order valence-corrected chi connectivity index (χ0v) is 16.7. The van der Waals surface area contributed by atoms with E-state index in [0.29, 0.717) is 23.9 Å². The summed E-state index contributed by atoms with van der Waals surface area (Å²) < 4.78 is 28.7. The standard InChI is InChI=1S/C19H28N4O3S/c1-13(2)9-10-23-16-5-3-4-6-18(16)27(25,26)21-15-11-22(12-17(15)23)19(24)20-14-7-8-14/h3-6,13-15,17,21H,7-12H2,1-2H3,(H,20,24)/t15-,17-/m1/s1. The minimum atomic E-state index is -3.61. The fourth-order valence-electron chi connectivity index (χ4n) is 3.92. The summed E-state index contributed by atoms with van der Waals surface area (Å²) in [6.45, 7) is 6.03. The first-order valence-corrected chi connectivity index (χ1v) is 11.3. The molecular weight excluding hydrogens is 364 g/mol. The Bertz CT molecular complexity index is 822. The van der Waals surface area contributed by atoms with Crippen LogP contribution < -0.4 is 14.9 Å². The van der Waals surface area contributed by atoms with Crippen LogP contribution in [0.5, 0.6) is 0 Å². The lowest BCUT2D eigenvalue weighted by Crippen LogP contribution is -2.49. The SMILES string of the molecule is CC(C)CCN1c2ccccc2S(=O)(=O)N[C@@H]2CN(C(=O)NC3CC3)C[C@H]21. The number of benzene rings is 1. The number of hydrogen-bond donors (Lipinski definition) is 2. The van der Waals surface area contributed by atoms with Crippen molar-refractivity contribution in [2.45, 2.75) is 56.1 Å². The fraction of sp³-hybridized carbons (Fsp3) is 0.632. The Hall–Kier alpha value is -1.80. The molecule has 1 saturated heterocycles. The minimum Gasteiger partial charge on any atom is -0.364 e. The molecule has 27 heavy (non-hydrogen) atoms. The molecule has 148 valence electrons. The predicted octanol–water partition coefficient (Wildman–Crippen LogP) is 1.76. The molecule has 2 amide bonds. The van der Waals surface area contributed by atoms with Crippen LogP contribution in [0.2, 0.25) is 0 Å². The van der Waals surface area contributed by atoms with Crippen molar-refractivity contribution in [2.24, 2.45) is 5.92 Å². The lowest BCUT2D eigenvalue weighted by molar-refractivity contribution is 0.207. The summed E-state index contributed by atoms with van der Waals surface area (Å²) in [5, 5.41) is 3.02. The van der Waals surface area contributed by atoms with Gasteiger partial charge in [0, 0.05) is 25.7 Å². The minimum absolute atomic E-state index is 0.0628. The average Bonchev–Trinajstić information content (AvgIpc) is 3.35. The Morgan fingerprint density at radius 1 is 1.26 bits per heavy atom. The highest BCUT2D eigenvalue weighted by Gasteiger charge is 2.45. The Morgan fingerprint density at radius 3 is 2.70 bits per heavy atom. The first-order valence-electron chi connectivity index (χ1n) is 9.78. The molecule has 4 rings (SSSR count). The highest BCUT2D eigenvalue weighted by molar-refractivity contribution is 7.89. The highest BCUT2D eigenvalue weighted by atomic mass is 32.2. The molecule has 1 aromatic carbocycles. The lowest BCUT2D eigenvalue weighted by atomic mass is 10.1. The van der Waals surface area contributed by atoms with E-state index < -0.39 is 10.0 Å². The van der Waals surface area contributed by atoms with Gasteiger partial charge in [0.25, 0.3) is 0 Å². The molecule has 0 radical (unpaired) electrons. The van der Waals surface area contributed by atoms with Gasteiger partial charge in [-0.2, -0.15) is 0 Å². The molecule has 2 N–H and O–H groups in total. The van der Waals surface area contributed by atoms with Gasteiger partial charge in [-0.1, -0.05) is 26.0 Å². The number of hydrogen-bond acceptors (Lipinski definition) is 4. The average molecular weight is 393 g/mol. The van der Waals surface area contributed by atoms with E-state index in [1.165, 1.54) is 0 Å². The van der Waals surface area contributed by atoms with E-state index in [0.717, 1.165) is 31.5 Å². The van der Waals surface area contributed by atoms with Gasteiger partial charge in [0.2, 0.25) is 10.0 Å². The van der Waals surface area contributed by atoms with Crippen LogP contribution in [0.1, 0.15) is 33.1 Å². The number of fused-ring (bicyclic) bond motifs is 2. The zero-order chi connectivity index (χ0) is 19.2. The Morgan fingerprint density at radius 2 is 2.00 bits per heavy atom. The summed E-state index contributed by atoms with van der Waals surface area (Å²) in [5.41, 5.74) is 0.739. The summed E-state index contributed by atoms with van der Waals surface area (Å²) in [5.74, 6) is 0.513. The van der Waals surface area contributed by atoms with Gasteiger partial charge >= 0.3 is 6.03 Å². The van der Waals surface area contributed by atoms with E-state index in [1.54, 1.807) is 17.0 Å². The van der Waals surface area contributed by atoms with Gasteiger partial charge in [0.05, 0.1) is 17.8 Å². The van der Waals surface area contributed by atoms with Crippen molar-refractivity contribution in [1.82, 2.24) is 14.9 Å². The Balaban J connectivity index is 1.65. The van der Waals surface area contributed by atoms with Crippen LogP contribution in [-0.2, 0) is 10.0 Å². The maximum absolute atomic E-state index is 12.9. The first-order chi connectivity index (χ1) is 12.8. The van der Waals surface area contributed by atoms with Crippen molar-refractivity contribution >= 4 is 21.7 Å². The van der Waals surface area contributed by atoms with Crippen molar-refractivity contribution in [2.75, 3.05) is 24.5 Å². The molecule has 2 heterocycles. The van der Waals surface area contributed by atoms with E-state index in [-0.39, 0.29) is 24.2 Å². The number of likely N-dealkylation sites (tertiary alicyclic amines) is 1. The molecule has 1 aromatic rings. The predicted molar refractivity (Wildman–Crippen MR) is 104 cm³/mol. The van der Waals surface area contributed by atoms with Crippen LogP contribution in [0, 0.1) is 5.92 Å². The summed E-state index contributed by atoms with van der Waals surface area (Å²) >= 11 is 0. The molecule has 2 fully saturated rings. The van der Waals surface area contributed by atoms with Crippen molar-refractivity contribution in [3.63, 3.8) is 0 Å². The Kier molecular flexibility index (Phi) is 4.80. The molecule has 0 unspecified atom stereocenters. The fourth-order valence-corrected chi connectivity index (χ4v) is 5.40. The number of para-hydroxylation sites is 1. The van der Waals surface area contributed by atoms with Gasteiger partial charge in [-0.25, -0.2) is 17.9 Å². The maximum atomic E-state index is 12.9. The second-order valence-corrected chi connectivity index (χ2v) is 9.95. The molecule has 2 atom stereocenters. The van der Waals surface area contributed by atoms with E-state index in [4.69, 9.17) is 0 Å². The van der Waals surface area contributed by atoms with Crippen LogP contribution in [0.25, 0.3) is 0 Å². The number of nitrogens with zero attached hydrogens (tertiary/aromatic N) is 2. The van der Waals surface area contributed by atoms with E-state index in [1.807, 2.05) is 12.1 Å². The lowest BCUT2D eigenvalue weighted by Gasteiger charge is -2.33. The molecule has 0 bridgehead atoms. The quantitative estimate of drug-likeness (QED) is 0.818. The third kappa shape index (κ3) is 3.78. The summed E-state index contributed by atoms with van der Waals surface area (Å²) in [7, 11) is -3.61. The highest BCUT2D eigenvalue weighted by Crippen LogP contribution is 2.34. The summed E-state index contributed by atoms with van der Waals surface area (Å²) in [6.07, 6.45) is 3.03. The number of carbonyl (C=O) groups is 1. The molecule has 0 aromatic heterocycles. The van der Waals surface area contributed by atoms with Crippen molar-refractivity contribution in [3.05, 3.63) is 24.3 Å². The van der Waals surface area contributed by atoms with Crippen LogP contribution in [0.15, 0.2) is 29.2 Å². The van der Waals surface area contributed by atoms with Crippen molar-refractivity contribution in [3.8, 4) is 0 Å². The normalized spacial score (nSPS) is 26.5. The number of carbonyl (C=O) groups excluding carboxylic acids is 1. The van der Waals surface area contributed by atoms with E-state index in [2.05, 4.69) is 28.8 Å². The molecule has 7 nitrogen and oxygen atoms in total. The molecule has 0 spiro atoms. The van der Waals surface area contributed by atoms with Crippen LogP contribution in [-0.4, -0.2) is 57.1 Å². The van der Waals surface area contributed by atoms with Crippen LogP contribution >= 0.6 is 0 Å². The number of rotatable bonds is 4. The number of nitrogens with one attached hydrogen (secondary N) is 2. The molecular formula is C19H28N4O3S. The second kappa shape index (κ2) is 6.98. The molecule has 1 saturated carbocycles. The van der Waals surface area contributed by atoms with Gasteiger partial charge in [0.15, 0.2) is 0 Å². The second-order valence-electron chi connectivity index (χ2n) is 8.27. The van der Waals surface area contributed by atoms with Gasteiger partial charge in [-0.15, -0.1) is 0 Å². The van der Waals surface area contributed by atoms with Crippen LogP contribution in [0.4, 0.5) is 10.5 Å². The monoisotopic (exact) mass is 392 g/mol. The first kappa shape index (κ1) is 18.6. The number of amides is 2. The Labute approximate surface area is 161 Å². The maximum Gasteiger partial charge on any atom is 0.317 e. The van der Waals surface area contributed by atoms with Crippen LogP contribution in [0.3, 0.4) is 0 Å². The molecule has 3 aliphatic rings. The largest absolute Gasteiger partial charge is 0.364 e.